The minimum Gasteiger partial charge on any atom is -0.491 e. The summed E-state index contributed by atoms with van der Waals surface area (Å²) < 4.78 is 7.73. The van der Waals surface area contributed by atoms with Crippen LogP contribution >= 0.6 is 15.9 Å². The van der Waals surface area contributed by atoms with Gasteiger partial charge in [-0.05, 0) is 34.1 Å². The van der Waals surface area contributed by atoms with Crippen LogP contribution in [-0.2, 0) is 6.54 Å². The summed E-state index contributed by atoms with van der Waals surface area (Å²) in [6, 6.07) is 9.52. The summed E-state index contributed by atoms with van der Waals surface area (Å²) in [4.78, 5) is 22.6. The Bertz CT molecular complexity index is 681. The molecular formula is C14H12BrNO4. The fraction of sp³-hybridized carbons (Fsp3) is 0.143. The molecule has 1 heterocycles. The molecule has 2 aromatic rings. The second-order valence-electron chi connectivity index (χ2n) is 4.03. The first-order valence-corrected chi connectivity index (χ1v) is 6.68. The number of nitrogens with zero attached hydrogens (tertiary/aromatic N) is 1. The summed E-state index contributed by atoms with van der Waals surface area (Å²) in [5, 5.41) is 9.02. The zero-order valence-electron chi connectivity index (χ0n) is 10.5. The Balaban J connectivity index is 2.05. The number of pyridine rings is 1. The number of hydrogen-bond donors (Lipinski definition) is 1. The van der Waals surface area contributed by atoms with Crippen LogP contribution in [0.25, 0.3) is 0 Å². The lowest BCUT2D eigenvalue weighted by Crippen LogP contribution is -2.21. The SMILES string of the molecule is O=C(O)c1ccccc1OCCn1cc(Br)ccc1=O. The normalized spacial score (nSPS) is 10.2. The number of rotatable bonds is 5. The van der Waals surface area contributed by atoms with E-state index in [9.17, 15) is 9.59 Å². The molecule has 0 unspecified atom stereocenters. The van der Waals surface area contributed by atoms with Gasteiger partial charge in [0, 0.05) is 16.7 Å². The summed E-state index contributed by atoms with van der Waals surface area (Å²) >= 11 is 3.29. The summed E-state index contributed by atoms with van der Waals surface area (Å²) in [6.07, 6.45) is 1.66. The molecule has 1 aromatic carbocycles. The average Bonchev–Trinajstić information content (AvgIpc) is 2.43. The van der Waals surface area contributed by atoms with E-state index >= 15 is 0 Å². The summed E-state index contributed by atoms with van der Waals surface area (Å²) in [7, 11) is 0. The predicted molar refractivity (Wildman–Crippen MR) is 77.3 cm³/mol. The van der Waals surface area contributed by atoms with Crippen LogP contribution in [0.5, 0.6) is 5.75 Å². The lowest BCUT2D eigenvalue weighted by Gasteiger charge is -2.10. The Morgan fingerprint density at radius 3 is 2.75 bits per heavy atom. The maximum atomic E-state index is 11.6. The van der Waals surface area contributed by atoms with Gasteiger partial charge in [-0.1, -0.05) is 12.1 Å². The van der Waals surface area contributed by atoms with Gasteiger partial charge in [0.2, 0.25) is 0 Å². The Morgan fingerprint density at radius 2 is 2.00 bits per heavy atom. The van der Waals surface area contributed by atoms with Gasteiger partial charge in [-0.25, -0.2) is 4.79 Å². The number of carboxylic acids is 1. The molecule has 0 atom stereocenters. The molecule has 0 fully saturated rings. The largest absolute Gasteiger partial charge is 0.491 e. The zero-order chi connectivity index (χ0) is 14.5. The number of hydrogen-bond acceptors (Lipinski definition) is 3. The van der Waals surface area contributed by atoms with E-state index in [0.29, 0.717) is 12.3 Å². The van der Waals surface area contributed by atoms with Crippen LogP contribution in [0, 0.1) is 0 Å². The Morgan fingerprint density at radius 1 is 1.25 bits per heavy atom. The topological polar surface area (TPSA) is 68.5 Å². The summed E-state index contributed by atoms with van der Waals surface area (Å²) in [6.45, 7) is 0.548. The number of ether oxygens (including phenoxy) is 1. The standard InChI is InChI=1S/C14H12BrNO4/c15-10-5-6-13(17)16(9-10)7-8-20-12-4-2-1-3-11(12)14(18)19/h1-6,9H,7-8H2,(H,18,19). The van der Waals surface area contributed by atoms with Crippen molar-refractivity contribution in [1.82, 2.24) is 4.57 Å². The van der Waals surface area contributed by atoms with Crippen LogP contribution in [0.4, 0.5) is 0 Å². The van der Waals surface area contributed by atoms with Crippen molar-refractivity contribution in [3.05, 3.63) is 63.0 Å². The van der Waals surface area contributed by atoms with Crippen molar-refractivity contribution in [2.75, 3.05) is 6.61 Å². The summed E-state index contributed by atoms with van der Waals surface area (Å²) in [5.74, 6) is -0.747. The highest BCUT2D eigenvalue weighted by molar-refractivity contribution is 9.10. The number of halogens is 1. The van der Waals surface area contributed by atoms with E-state index in [1.54, 1.807) is 30.5 Å². The van der Waals surface area contributed by atoms with Crippen molar-refractivity contribution in [2.45, 2.75) is 6.54 Å². The third-order valence-corrected chi connectivity index (χ3v) is 3.12. The Hall–Kier alpha value is -2.08. The zero-order valence-corrected chi connectivity index (χ0v) is 12.0. The van der Waals surface area contributed by atoms with Crippen molar-refractivity contribution in [2.24, 2.45) is 0 Å². The first kappa shape index (κ1) is 14.3. The molecule has 0 spiro atoms. The third kappa shape index (κ3) is 3.48. The molecule has 1 aromatic heterocycles. The van der Waals surface area contributed by atoms with E-state index in [1.807, 2.05) is 0 Å². The molecule has 1 N–H and O–H groups in total. The van der Waals surface area contributed by atoms with Gasteiger partial charge < -0.3 is 14.4 Å². The molecule has 0 saturated carbocycles. The number of benzene rings is 1. The molecule has 0 aliphatic rings. The van der Waals surface area contributed by atoms with Crippen LogP contribution in [0.1, 0.15) is 10.4 Å². The lowest BCUT2D eigenvalue weighted by molar-refractivity contribution is 0.0692. The first-order chi connectivity index (χ1) is 9.58. The molecule has 2 rings (SSSR count). The monoisotopic (exact) mass is 337 g/mol. The van der Waals surface area contributed by atoms with E-state index in [-0.39, 0.29) is 17.7 Å². The Kier molecular flexibility index (Phi) is 4.57. The van der Waals surface area contributed by atoms with Crippen molar-refractivity contribution in [3.63, 3.8) is 0 Å². The van der Waals surface area contributed by atoms with Crippen LogP contribution in [0.15, 0.2) is 51.9 Å². The van der Waals surface area contributed by atoms with Gasteiger partial charge >= 0.3 is 5.97 Å². The lowest BCUT2D eigenvalue weighted by atomic mass is 10.2. The Labute approximate surface area is 123 Å². The molecule has 0 radical (unpaired) electrons. The molecule has 5 nitrogen and oxygen atoms in total. The average molecular weight is 338 g/mol. The molecule has 20 heavy (non-hydrogen) atoms. The number of carbonyl (C=O) groups is 1. The van der Waals surface area contributed by atoms with Gasteiger partial charge in [0.1, 0.15) is 17.9 Å². The van der Waals surface area contributed by atoms with Crippen molar-refractivity contribution < 1.29 is 14.6 Å². The van der Waals surface area contributed by atoms with Gasteiger partial charge in [0.25, 0.3) is 5.56 Å². The van der Waals surface area contributed by atoms with Crippen molar-refractivity contribution in [3.8, 4) is 5.75 Å². The molecule has 0 amide bonds. The summed E-state index contributed by atoms with van der Waals surface area (Å²) in [5.41, 5.74) is -0.0302. The van der Waals surface area contributed by atoms with Crippen LogP contribution in [0.2, 0.25) is 0 Å². The fourth-order valence-corrected chi connectivity index (χ4v) is 2.08. The number of aromatic nitrogens is 1. The molecule has 0 saturated heterocycles. The maximum Gasteiger partial charge on any atom is 0.339 e. The molecule has 0 bridgehead atoms. The number of carboxylic acid groups (broad SMARTS) is 1. The second kappa shape index (κ2) is 6.38. The second-order valence-corrected chi connectivity index (χ2v) is 4.94. The van der Waals surface area contributed by atoms with Crippen LogP contribution in [0.3, 0.4) is 0 Å². The minimum atomic E-state index is -1.04. The van der Waals surface area contributed by atoms with Crippen molar-refractivity contribution in [1.29, 1.82) is 0 Å². The van der Waals surface area contributed by atoms with Crippen LogP contribution in [-0.4, -0.2) is 22.2 Å². The number of aromatic carboxylic acids is 1. The molecule has 0 aliphatic heterocycles. The highest BCUT2D eigenvalue weighted by Crippen LogP contribution is 2.17. The fourth-order valence-electron chi connectivity index (χ4n) is 1.70. The van der Waals surface area contributed by atoms with Gasteiger partial charge in [-0.3, -0.25) is 4.79 Å². The van der Waals surface area contributed by atoms with E-state index in [2.05, 4.69) is 15.9 Å². The number of para-hydroxylation sites is 1. The van der Waals surface area contributed by atoms with Gasteiger partial charge in [-0.2, -0.15) is 0 Å². The molecular weight excluding hydrogens is 326 g/mol. The quantitative estimate of drug-likeness (QED) is 0.909. The molecule has 0 aliphatic carbocycles. The van der Waals surface area contributed by atoms with E-state index in [1.165, 1.54) is 16.7 Å². The minimum absolute atomic E-state index is 0.106. The first-order valence-electron chi connectivity index (χ1n) is 5.89. The van der Waals surface area contributed by atoms with Gasteiger partial charge in [0.05, 0.1) is 6.54 Å². The van der Waals surface area contributed by atoms with Gasteiger partial charge in [-0.15, -0.1) is 0 Å². The maximum absolute atomic E-state index is 11.6. The van der Waals surface area contributed by atoms with Crippen LogP contribution < -0.4 is 10.3 Å². The smallest absolute Gasteiger partial charge is 0.339 e. The third-order valence-electron chi connectivity index (χ3n) is 2.65. The van der Waals surface area contributed by atoms with E-state index < -0.39 is 5.97 Å². The predicted octanol–water partition coefficient (Wildman–Crippen LogP) is 2.39. The molecule has 104 valence electrons. The van der Waals surface area contributed by atoms with E-state index in [0.717, 1.165) is 4.47 Å². The van der Waals surface area contributed by atoms with E-state index in [4.69, 9.17) is 9.84 Å². The highest BCUT2D eigenvalue weighted by atomic mass is 79.9. The van der Waals surface area contributed by atoms with Gasteiger partial charge in [0.15, 0.2) is 0 Å². The van der Waals surface area contributed by atoms with Crippen molar-refractivity contribution >= 4 is 21.9 Å². The molecule has 6 heteroatoms. The highest BCUT2D eigenvalue weighted by Gasteiger charge is 2.09.